The smallest absolute Gasteiger partial charge is 0.407 e. The number of amides is 2. The van der Waals surface area contributed by atoms with Crippen molar-refractivity contribution in [2.45, 2.75) is 64.5 Å². The fourth-order valence-corrected chi connectivity index (χ4v) is 3.73. The maximum absolute atomic E-state index is 14.1. The number of pyridine rings is 1. The molecule has 1 fully saturated rings. The van der Waals surface area contributed by atoms with Gasteiger partial charge in [-0.15, -0.1) is 0 Å². The van der Waals surface area contributed by atoms with Crippen LogP contribution in [0.2, 0.25) is 5.02 Å². The van der Waals surface area contributed by atoms with Crippen molar-refractivity contribution in [1.82, 2.24) is 25.2 Å². The third-order valence-corrected chi connectivity index (χ3v) is 6.03. The Morgan fingerprint density at radius 2 is 1.95 bits per heavy atom. The quantitative estimate of drug-likeness (QED) is 0.294. The minimum atomic E-state index is -1.65. The first-order chi connectivity index (χ1) is 17.8. The van der Waals surface area contributed by atoms with Crippen LogP contribution >= 0.6 is 11.6 Å². The third kappa shape index (κ3) is 8.02. The van der Waals surface area contributed by atoms with Gasteiger partial charge in [-0.1, -0.05) is 11.6 Å². The van der Waals surface area contributed by atoms with E-state index >= 15 is 0 Å². The number of hydrogen-bond donors (Lipinski definition) is 5. The summed E-state index contributed by atoms with van der Waals surface area (Å²) in [5.74, 6) is -0.0000355. The maximum atomic E-state index is 14.1. The average Bonchev–Trinajstić information content (AvgIpc) is 2.84. The van der Waals surface area contributed by atoms with Gasteiger partial charge < -0.3 is 35.8 Å². The second-order valence-corrected chi connectivity index (χ2v) is 10.2. The summed E-state index contributed by atoms with van der Waals surface area (Å²) in [6, 6.07) is 1.64. The minimum Gasteiger partial charge on any atom is -0.465 e. The SMILES string of the molecule is CC(C)Nc1cc(Nc2nc(OC3CCN(C(=O)O)CC3)ncc2Cl)ncc1C(=O)NCC(F)C(C)(C)O. The molecule has 1 unspecified atom stereocenters. The lowest BCUT2D eigenvalue weighted by molar-refractivity contribution is -0.00178. The van der Waals surface area contributed by atoms with E-state index in [1.807, 2.05) is 13.8 Å². The minimum absolute atomic E-state index is 0.0303. The fraction of sp³-hybridized carbons (Fsp3) is 0.542. The molecule has 0 aromatic carbocycles. The summed E-state index contributed by atoms with van der Waals surface area (Å²) in [5.41, 5.74) is -0.953. The van der Waals surface area contributed by atoms with Gasteiger partial charge in [0.05, 0.1) is 29.6 Å². The van der Waals surface area contributed by atoms with E-state index in [9.17, 15) is 19.1 Å². The van der Waals surface area contributed by atoms with Crippen molar-refractivity contribution in [2.75, 3.05) is 30.3 Å². The highest BCUT2D eigenvalue weighted by atomic mass is 35.5. The number of halogens is 2. The Hall–Kier alpha value is -3.45. The molecule has 1 aliphatic rings. The molecule has 1 atom stereocenters. The summed E-state index contributed by atoms with van der Waals surface area (Å²) in [6.07, 6.45) is 0.887. The van der Waals surface area contributed by atoms with Crippen molar-refractivity contribution >= 4 is 40.9 Å². The number of nitrogens with zero attached hydrogens (tertiary/aromatic N) is 4. The van der Waals surface area contributed by atoms with Gasteiger partial charge in [-0.3, -0.25) is 4.79 Å². The van der Waals surface area contributed by atoms with E-state index in [1.54, 1.807) is 6.07 Å². The molecule has 1 aliphatic heterocycles. The number of rotatable bonds is 10. The number of alkyl halides is 1. The van der Waals surface area contributed by atoms with Crippen molar-refractivity contribution in [3.63, 3.8) is 0 Å². The van der Waals surface area contributed by atoms with Gasteiger partial charge in [-0.25, -0.2) is 19.2 Å². The first-order valence-corrected chi connectivity index (χ1v) is 12.6. The van der Waals surface area contributed by atoms with Crippen LogP contribution in [-0.4, -0.2) is 85.6 Å². The van der Waals surface area contributed by atoms with Crippen LogP contribution < -0.4 is 20.7 Å². The van der Waals surface area contributed by atoms with Gasteiger partial charge in [0.1, 0.15) is 23.1 Å². The number of carbonyl (C=O) groups is 2. The first kappa shape index (κ1) is 29.1. The molecule has 12 nitrogen and oxygen atoms in total. The summed E-state index contributed by atoms with van der Waals surface area (Å²) in [7, 11) is 0. The summed E-state index contributed by atoms with van der Waals surface area (Å²) in [6.45, 7) is 6.80. The van der Waals surface area contributed by atoms with Gasteiger partial charge >= 0.3 is 12.1 Å². The van der Waals surface area contributed by atoms with Crippen molar-refractivity contribution in [2.24, 2.45) is 0 Å². The number of ether oxygens (including phenoxy) is 1. The molecule has 3 rings (SSSR count). The van der Waals surface area contributed by atoms with Crippen LogP contribution in [0.4, 0.5) is 26.5 Å². The zero-order valence-electron chi connectivity index (χ0n) is 21.7. The molecule has 0 aliphatic carbocycles. The van der Waals surface area contributed by atoms with E-state index in [0.717, 1.165) is 0 Å². The average molecular weight is 554 g/mol. The van der Waals surface area contributed by atoms with Crippen LogP contribution in [0.1, 0.15) is 50.9 Å². The van der Waals surface area contributed by atoms with Crippen LogP contribution in [0, 0.1) is 0 Å². The number of carboxylic acid groups (broad SMARTS) is 1. The second kappa shape index (κ2) is 12.4. The summed E-state index contributed by atoms with van der Waals surface area (Å²) in [5, 5.41) is 27.7. The highest BCUT2D eigenvalue weighted by Crippen LogP contribution is 2.27. The summed E-state index contributed by atoms with van der Waals surface area (Å²) < 4.78 is 19.9. The van der Waals surface area contributed by atoms with Crippen LogP contribution in [0.3, 0.4) is 0 Å². The van der Waals surface area contributed by atoms with Gasteiger partial charge in [0.25, 0.3) is 5.91 Å². The number of anilines is 3. The Labute approximate surface area is 225 Å². The number of piperidine rings is 1. The van der Waals surface area contributed by atoms with E-state index < -0.39 is 23.8 Å². The van der Waals surface area contributed by atoms with Crippen LogP contribution in [0.5, 0.6) is 6.01 Å². The van der Waals surface area contributed by atoms with E-state index in [4.69, 9.17) is 21.4 Å². The zero-order chi connectivity index (χ0) is 28.0. The number of likely N-dealkylation sites (tertiary alicyclic amines) is 1. The Balaban J connectivity index is 1.73. The fourth-order valence-electron chi connectivity index (χ4n) is 3.59. The molecule has 38 heavy (non-hydrogen) atoms. The largest absolute Gasteiger partial charge is 0.465 e. The van der Waals surface area contributed by atoms with E-state index in [1.165, 1.54) is 31.1 Å². The molecule has 2 aromatic heterocycles. The Morgan fingerprint density at radius 3 is 2.55 bits per heavy atom. The number of aromatic nitrogens is 3. The van der Waals surface area contributed by atoms with E-state index in [0.29, 0.717) is 37.4 Å². The number of nitrogens with one attached hydrogen (secondary N) is 3. The van der Waals surface area contributed by atoms with Crippen molar-refractivity contribution in [1.29, 1.82) is 0 Å². The molecule has 0 radical (unpaired) electrons. The van der Waals surface area contributed by atoms with Gasteiger partial charge in [-0.2, -0.15) is 4.98 Å². The van der Waals surface area contributed by atoms with Crippen LogP contribution in [0.15, 0.2) is 18.5 Å². The second-order valence-electron chi connectivity index (χ2n) is 9.81. The Morgan fingerprint density at radius 1 is 1.26 bits per heavy atom. The molecule has 0 saturated carbocycles. The third-order valence-electron chi connectivity index (χ3n) is 5.75. The van der Waals surface area contributed by atoms with Crippen LogP contribution in [0.25, 0.3) is 0 Å². The van der Waals surface area contributed by atoms with Gasteiger partial charge in [0, 0.05) is 44.2 Å². The van der Waals surface area contributed by atoms with Crippen LogP contribution in [-0.2, 0) is 0 Å². The van der Waals surface area contributed by atoms with Gasteiger partial charge in [-0.05, 0) is 27.7 Å². The van der Waals surface area contributed by atoms with Gasteiger partial charge in [0.2, 0.25) is 0 Å². The predicted octanol–water partition coefficient (Wildman–Crippen LogP) is 3.45. The zero-order valence-corrected chi connectivity index (χ0v) is 22.4. The maximum Gasteiger partial charge on any atom is 0.407 e. The molecule has 2 amide bonds. The predicted molar refractivity (Wildman–Crippen MR) is 140 cm³/mol. The Bertz CT molecular complexity index is 1140. The normalized spacial score (nSPS) is 15.2. The lowest BCUT2D eigenvalue weighted by Crippen LogP contribution is -2.42. The Kier molecular flexibility index (Phi) is 9.50. The summed E-state index contributed by atoms with van der Waals surface area (Å²) in [4.78, 5) is 37.9. The van der Waals surface area contributed by atoms with E-state index in [-0.39, 0.29) is 41.1 Å². The molecule has 208 valence electrons. The van der Waals surface area contributed by atoms with E-state index in [2.05, 4.69) is 30.9 Å². The molecule has 3 heterocycles. The molecule has 14 heteroatoms. The molecular weight excluding hydrogens is 521 g/mol. The van der Waals surface area contributed by atoms with Crippen molar-refractivity contribution < 1.29 is 28.9 Å². The molecule has 2 aromatic rings. The molecule has 1 saturated heterocycles. The van der Waals surface area contributed by atoms with Crippen molar-refractivity contribution in [3.05, 3.63) is 29.0 Å². The highest BCUT2D eigenvalue weighted by molar-refractivity contribution is 6.32. The number of carbonyl (C=O) groups excluding carboxylic acids is 1. The molecule has 0 spiro atoms. The van der Waals surface area contributed by atoms with Gasteiger partial charge in [0.15, 0.2) is 5.82 Å². The lowest BCUT2D eigenvalue weighted by atomic mass is 10.0. The first-order valence-electron chi connectivity index (χ1n) is 12.2. The standard InChI is InChI=1S/C24H33ClFN7O5/c1-13(2)30-17-9-19(27-10-15(17)21(34)28-12-18(26)24(3,4)37)31-20-16(25)11-29-22(32-20)38-14-5-7-33(8-6-14)23(35)36/h9-11,13-14,18,37H,5-8,12H2,1-4H3,(H,28,34)(H,35,36)(H2,27,29,30,31,32). The topological polar surface area (TPSA) is 162 Å². The van der Waals surface area contributed by atoms with Crippen molar-refractivity contribution in [3.8, 4) is 6.01 Å². The number of hydrogen-bond acceptors (Lipinski definition) is 9. The molecule has 0 bridgehead atoms. The lowest BCUT2D eigenvalue weighted by Gasteiger charge is -2.29. The summed E-state index contributed by atoms with van der Waals surface area (Å²) >= 11 is 6.28. The molecule has 5 N–H and O–H groups in total. The monoisotopic (exact) mass is 553 g/mol. The molecular formula is C24H33ClFN7O5. The number of aliphatic hydroxyl groups is 1. The highest BCUT2D eigenvalue weighted by Gasteiger charge is 2.28.